The smallest absolute Gasteiger partial charge is 0.0229 e. The van der Waals surface area contributed by atoms with Crippen LogP contribution in [0.3, 0.4) is 0 Å². The molecule has 0 amide bonds. The summed E-state index contributed by atoms with van der Waals surface area (Å²) in [7, 11) is 4.02. The molecule has 2 unspecified atom stereocenters. The third-order valence-electron chi connectivity index (χ3n) is 2.76. The van der Waals surface area contributed by atoms with Crippen molar-refractivity contribution in [3.8, 4) is 0 Å². The lowest BCUT2D eigenvalue weighted by Crippen LogP contribution is -2.32. The molecule has 1 fully saturated rings. The molecule has 1 aliphatic carbocycles. The Kier molecular flexibility index (Phi) is 4.23. The SMILES string of the molecule is NC1C=CC(CN2CCSSCC2)C1. The zero-order valence-electron chi connectivity index (χ0n) is 8.39. The maximum atomic E-state index is 5.85. The Morgan fingerprint density at radius 2 is 1.93 bits per heavy atom. The molecule has 2 atom stereocenters. The monoisotopic (exact) mass is 230 g/mol. The van der Waals surface area contributed by atoms with Crippen molar-refractivity contribution in [2.45, 2.75) is 12.5 Å². The normalized spacial score (nSPS) is 34.6. The van der Waals surface area contributed by atoms with Crippen molar-refractivity contribution >= 4 is 21.6 Å². The third kappa shape index (κ3) is 3.19. The maximum Gasteiger partial charge on any atom is 0.0229 e. The second-order valence-corrected chi connectivity index (χ2v) is 6.69. The summed E-state index contributed by atoms with van der Waals surface area (Å²) in [4.78, 5) is 2.58. The van der Waals surface area contributed by atoms with Gasteiger partial charge in [0.15, 0.2) is 0 Å². The highest BCUT2D eigenvalue weighted by molar-refractivity contribution is 8.76. The number of hydrogen-bond acceptors (Lipinski definition) is 4. The lowest BCUT2D eigenvalue weighted by atomic mass is 10.1. The fourth-order valence-electron chi connectivity index (χ4n) is 2.02. The summed E-state index contributed by atoms with van der Waals surface area (Å²) in [5.41, 5.74) is 5.85. The summed E-state index contributed by atoms with van der Waals surface area (Å²) in [6.45, 7) is 3.71. The van der Waals surface area contributed by atoms with Gasteiger partial charge in [-0.05, 0) is 12.3 Å². The van der Waals surface area contributed by atoms with E-state index in [9.17, 15) is 0 Å². The van der Waals surface area contributed by atoms with Gasteiger partial charge in [0.05, 0.1) is 0 Å². The van der Waals surface area contributed by atoms with Crippen LogP contribution < -0.4 is 5.73 Å². The van der Waals surface area contributed by atoms with E-state index in [-0.39, 0.29) is 0 Å². The predicted molar refractivity (Wildman–Crippen MR) is 66.6 cm³/mol. The van der Waals surface area contributed by atoms with Crippen molar-refractivity contribution < 1.29 is 0 Å². The van der Waals surface area contributed by atoms with Gasteiger partial charge >= 0.3 is 0 Å². The van der Waals surface area contributed by atoms with E-state index in [1.54, 1.807) is 0 Å². The lowest BCUT2D eigenvalue weighted by Gasteiger charge is -2.22. The molecule has 0 saturated carbocycles. The Labute approximate surface area is 94.1 Å². The molecule has 0 spiro atoms. The van der Waals surface area contributed by atoms with E-state index in [4.69, 9.17) is 5.73 Å². The first-order valence-electron chi connectivity index (χ1n) is 5.25. The highest BCUT2D eigenvalue weighted by Crippen LogP contribution is 2.25. The fraction of sp³-hybridized carbons (Fsp3) is 0.800. The fourth-order valence-corrected chi connectivity index (χ4v) is 4.07. The van der Waals surface area contributed by atoms with E-state index in [1.165, 1.54) is 31.1 Å². The van der Waals surface area contributed by atoms with Gasteiger partial charge in [-0.2, -0.15) is 0 Å². The van der Waals surface area contributed by atoms with Crippen LogP contribution in [0.2, 0.25) is 0 Å². The second kappa shape index (κ2) is 5.45. The molecule has 1 aliphatic heterocycles. The molecule has 1 saturated heterocycles. The summed E-state index contributed by atoms with van der Waals surface area (Å²) >= 11 is 0. The summed E-state index contributed by atoms with van der Waals surface area (Å²) < 4.78 is 0. The van der Waals surface area contributed by atoms with Gasteiger partial charge in [-0.15, -0.1) is 0 Å². The minimum atomic E-state index is 0.315. The summed E-state index contributed by atoms with van der Waals surface area (Å²) in [5.74, 6) is 3.25. The highest BCUT2D eigenvalue weighted by atomic mass is 33.1. The molecular weight excluding hydrogens is 212 g/mol. The van der Waals surface area contributed by atoms with E-state index in [2.05, 4.69) is 17.1 Å². The number of nitrogens with two attached hydrogens (primary N) is 1. The van der Waals surface area contributed by atoms with Crippen LogP contribution in [0.1, 0.15) is 6.42 Å². The zero-order valence-corrected chi connectivity index (χ0v) is 10.0. The minimum absolute atomic E-state index is 0.315. The van der Waals surface area contributed by atoms with Gasteiger partial charge in [0.1, 0.15) is 0 Å². The molecule has 2 aliphatic rings. The first-order valence-corrected chi connectivity index (χ1v) is 7.74. The molecule has 0 aromatic rings. The van der Waals surface area contributed by atoms with Crippen LogP contribution in [0.4, 0.5) is 0 Å². The Hall–Kier alpha value is 0.360. The van der Waals surface area contributed by atoms with Crippen LogP contribution in [-0.4, -0.2) is 42.1 Å². The van der Waals surface area contributed by atoms with Crippen LogP contribution in [0.5, 0.6) is 0 Å². The molecule has 0 bridgehead atoms. The van der Waals surface area contributed by atoms with E-state index in [1.807, 2.05) is 21.6 Å². The Morgan fingerprint density at radius 3 is 2.50 bits per heavy atom. The number of hydrogen-bond donors (Lipinski definition) is 1. The van der Waals surface area contributed by atoms with Crippen LogP contribution >= 0.6 is 21.6 Å². The first kappa shape index (κ1) is 10.9. The van der Waals surface area contributed by atoms with Gasteiger partial charge in [-0.1, -0.05) is 33.7 Å². The zero-order chi connectivity index (χ0) is 9.80. The van der Waals surface area contributed by atoms with E-state index in [0.717, 1.165) is 6.42 Å². The molecule has 1 heterocycles. The van der Waals surface area contributed by atoms with E-state index < -0.39 is 0 Å². The van der Waals surface area contributed by atoms with E-state index in [0.29, 0.717) is 12.0 Å². The Morgan fingerprint density at radius 1 is 1.21 bits per heavy atom. The molecular formula is C10H18N2S2. The average molecular weight is 230 g/mol. The van der Waals surface area contributed by atoms with E-state index >= 15 is 0 Å². The summed E-state index contributed by atoms with van der Waals surface area (Å²) in [6, 6.07) is 0.315. The van der Waals surface area contributed by atoms with Crippen molar-refractivity contribution in [3.05, 3.63) is 12.2 Å². The Bertz CT molecular complexity index is 200. The molecule has 2 rings (SSSR count). The van der Waals surface area contributed by atoms with Crippen LogP contribution in [0.25, 0.3) is 0 Å². The van der Waals surface area contributed by atoms with Crippen molar-refractivity contribution in [3.63, 3.8) is 0 Å². The predicted octanol–water partition coefficient (Wildman–Crippen LogP) is 1.59. The van der Waals surface area contributed by atoms with Crippen molar-refractivity contribution in [1.82, 2.24) is 4.90 Å². The Balaban J connectivity index is 1.76. The van der Waals surface area contributed by atoms with Gasteiger partial charge < -0.3 is 10.6 Å². The van der Waals surface area contributed by atoms with Crippen molar-refractivity contribution in [2.24, 2.45) is 11.7 Å². The first-order chi connectivity index (χ1) is 6.84. The largest absolute Gasteiger partial charge is 0.324 e. The van der Waals surface area contributed by atoms with Gasteiger partial charge in [-0.3, -0.25) is 0 Å². The quantitative estimate of drug-likeness (QED) is 0.576. The number of rotatable bonds is 2. The third-order valence-corrected chi connectivity index (χ3v) is 5.13. The van der Waals surface area contributed by atoms with Crippen LogP contribution in [0, 0.1) is 5.92 Å². The molecule has 0 aromatic heterocycles. The second-order valence-electron chi connectivity index (χ2n) is 3.99. The minimum Gasteiger partial charge on any atom is -0.324 e. The molecule has 14 heavy (non-hydrogen) atoms. The molecule has 0 radical (unpaired) electrons. The average Bonchev–Trinajstić information content (AvgIpc) is 2.43. The van der Waals surface area contributed by atoms with Gasteiger partial charge in [0.25, 0.3) is 0 Å². The van der Waals surface area contributed by atoms with Crippen LogP contribution in [0.15, 0.2) is 12.2 Å². The highest BCUT2D eigenvalue weighted by Gasteiger charge is 2.19. The van der Waals surface area contributed by atoms with Gasteiger partial charge in [0.2, 0.25) is 0 Å². The topological polar surface area (TPSA) is 29.3 Å². The molecule has 4 heteroatoms. The number of nitrogens with zero attached hydrogens (tertiary/aromatic N) is 1. The van der Waals surface area contributed by atoms with Gasteiger partial charge in [0, 0.05) is 37.2 Å². The standard InChI is InChI=1S/C10H18N2S2/c11-10-2-1-9(7-10)8-12-3-5-13-14-6-4-12/h1-2,9-10H,3-8,11H2. The molecule has 2 N–H and O–H groups in total. The summed E-state index contributed by atoms with van der Waals surface area (Å²) in [6.07, 6.45) is 5.61. The van der Waals surface area contributed by atoms with Crippen molar-refractivity contribution in [1.29, 1.82) is 0 Å². The molecule has 0 aromatic carbocycles. The van der Waals surface area contributed by atoms with Crippen molar-refractivity contribution in [2.75, 3.05) is 31.1 Å². The van der Waals surface area contributed by atoms with Gasteiger partial charge in [-0.25, -0.2) is 0 Å². The summed E-state index contributed by atoms with van der Waals surface area (Å²) in [5, 5.41) is 0. The molecule has 2 nitrogen and oxygen atoms in total. The molecule has 80 valence electrons. The maximum absolute atomic E-state index is 5.85. The lowest BCUT2D eigenvalue weighted by molar-refractivity contribution is 0.275. The van der Waals surface area contributed by atoms with Crippen LogP contribution in [-0.2, 0) is 0 Å².